The standard InChI is InChI=1S/C12H22N2O3/c1-8(2)10-4-5-14(6-10)7-11(12(16)17)13-9(3)15/h8,10-11H,4-7H2,1-3H3,(H,13,15)(H,16,17). The van der Waals surface area contributed by atoms with Gasteiger partial charge in [-0.2, -0.15) is 0 Å². The first-order chi connectivity index (χ1) is 7.90. The lowest BCUT2D eigenvalue weighted by atomic mass is 9.95. The summed E-state index contributed by atoms with van der Waals surface area (Å²) in [5.74, 6) is 0.0102. The van der Waals surface area contributed by atoms with Crippen LogP contribution in [0.5, 0.6) is 0 Å². The van der Waals surface area contributed by atoms with E-state index in [1.54, 1.807) is 0 Å². The molecule has 17 heavy (non-hydrogen) atoms. The lowest BCUT2D eigenvalue weighted by Crippen LogP contribution is -2.47. The molecule has 2 unspecified atom stereocenters. The van der Waals surface area contributed by atoms with Gasteiger partial charge in [-0.25, -0.2) is 4.79 Å². The monoisotopic (exact) mass is 242 g/mol. The van der Waals surface area contributed by atoms with Crippen molar-refractivity contribution in [3.63, 3.8) is 0 Å². The molecule has 0 spiro atoms. The third kappa shape index (κ3) is 4.34. The van der Waals surface area contributed by atoms with E-state index in [2.05, 4.69) is 24.1 Å². The second-order valence-electron chi connectivity index (χ2n) is 5.14. The summed E-state index contributed by atoms with van der Waals surface area (Å²) in [5.41, 5.74) is 0. The van der Waals surface area contributed by atoms with Gasteiger partial charge in [0.2, 0.25) is 5.91 Å². The van der Waals surface area contributed by atoms with Crippen LogP contribution in [0.15, 0.2) is 0 Å². The van der Waals surface area contributed by atoms with Gasteiger partial charge in [-0.1, -0.05) is 13.8 Å². The summed E-state index contributed by atoms with van der Waals surface area (Å²) >= 11 is 0. The zero-order chi connectivity index (χ0) is 13.0. The molecule has 0 aromatic rings. The van der Waals surface area contributed by atoms with Crippen LogP contribution < -0.4 is 5.32 Å². The van der Waals surface area contributed by atoms with Gasteiger partial charge < -0.3 is 15.3 Å². The second kappa shape index (κ2) is 6.00. The fourth-order valence-corrected chi connectivity index (χ4v) is 2.26. The fourth-order valence-electron chi connectivity index (χ4n) is 2.26. The van der Waals surface area contributed by atoms with Gasteiger partial charge in [-0.3, -0.25) is 4.79 Å². The summed E-state index contributed by atoms with van der Waals surface area (Å²) in [4.78, 5) is 24.0. The third-order valence-corrected chi connectivity index (χ3v) is 3.37. The summed E-state index contributed by atoms with van der Waals surface area (Å²) in [6.45, 7) is 7.98. The molecule has 0 aromatic carbocycles. The highest BCUT2D eigenvalue weighted by atomic mass is 16.4. The van der Waals surface area contributed by atoms with Crippen molar-refractivity contribution < 1.29 is 14.7 Å². The number of hydrogen-bond acceptors (Lipinski definition) is 3. The number of carbonyl (C=O) groups excluding carboxylic acids is 1. The van der Waals surface area contributed by atoms with Gasteiger partial charge in [0.25, 0.3) is 0 Å². The maximum atomic E-state index is 11.0. The lowest BCUT2D eigenvalue weighted by Gasteiger charge is -2.22. The molecule has 0 aliphatic carbocycles. The Morgan fingerprint density at radius 3 is 2.53 bits per heavy atom. The van der Waals surface area contributed by atoms with E-state index < -0.39 is 12.0 Å². The first kappa shape index (κ1) is 14.0. The van der Waals surface area contributed by atoms with Crippen LogP contribution in [0.25, 0.3) is 0 Å². The van der Waals surface area contributed by atoms with Crippen LogP contribution in [0, 0.1) is 11.8 Å². The van der Waals surface area contributed by atoms with Crippen molar-refractivity contribution >= 4 is 11.9 Å². The quantitative estimate of drug-likeness (QED) is 0.739. The van der Waals surface area contributed by atoms with E-state index >= 15 is 0 Å². The molecule has 98 valence electrons. The van der Waals surface area contributed by atoms with Gasteiger partial charge in [-0.15, -0.1) is 0 Å². The topological polar surface area (TPSA) is 69.6 Å². The Balaban J connectivity index is 2.46. The smallest absolute Gasteiger partial charge is 0.327 e. The van der Waals surface area contributed by atoms with Crippen LogP contribution in [0.1, 0.15) is 27.2 Å². The molecule has 1 fully saturated rings. The minimum atomic E-state index is -0.965. The molecule has 2 atom stereocenters. The van der Waals surface area contributed by atoms with Crippen molar-refractivity contribution in [2.75, 3.05) is 19.6 Å². The van der Waals surface area contributed by atoms with E-state index in [-0.39, 0.29) is 5.91 Å². The molecule has 1 rings (SSSR count). The van der Waals surface area contributed by atoms with Crippen molar-refractivity contribution in [1.29, 1.82) is 0 Å². The van der Waals surface area contributed by atoms with Gasteiger partial charge in [-0.05, 0) is 24.8 Å². The second-order valence-corrected chi connectivity index (χ2v) is 5.14. The number of amides is 1. The maximum absolute atomic E-state index is 11.0. The molecule has 1 saturated heterocycles. The highest BCUT2D eigenvalue weighted by Crippen LogP contribution is 2.23. The summed E-state index contributed by atoms with van der Waals surface area (Å²) in [7, 11) is 0. The number of carboxylic acid groups (broad SMARTS) is 1. The zero-order valence-corrected chi connectivity index (χ0v) is 10.8. The van der Waals surface area contributed by atoms with Gasteiger partial charge in [0.15, 0.2) is 0 Å². The largest absolute Gasteiger partial charge is 0.480 e. The summed E-state index contributed by atoms with van der Waals surface area (Å²) in [5, 5.41) is 11.5. The normalized spacial score (nSPS) is 22.7. The van der Waals surface area contributed by atoms with E-state index in [0.717, 1.165) is 19.5 Å². The van der Waals surface area contributed by atoms with Gasteiger partial charge in [0.1, 0.15) is 6.04 Å². The van der Waals surface area contributed by atoms with E-state index in [0.29, 0.717) is 18.4 Å². The molecule has 0 radical (unpaired) electrons. The number of hydrogen-bond donors (Lipinski definition) is 2. The van der Waals surface area contributed by atoms with E-state index in [1.165, 1.54) is 6.92 Å². The Morgan fingerprint density at radius 1 is 1.47 bits per heavy atom. The van der Waals surface area contributed by atoms with Crippen molar-refractivity contribution in [1.82, 2.24) is 10.2 Å². The highest BCUT2D eigenvalue weighted by Gasteiger charge is 2.29. The number of rotatable bonds is 5. The van der Waals surface area contributed by atoms with Crippen LogP contribution >= 0.6 is 0 Å². The molecule has 1 aliphatic rings. The Bertz CT molecular complexity index is 291. The molecule has 2 N–H and O–H groups in total. The Labute approximate surface area is 102 Å². The molecule has 5 nitrogen and oxygen atoms in total. The Kier molecular flexibility index (Phi) is 4.93. The summed E-state index contributed by atoms with van der Waals surface area (Å²) < 4.78 is 0. The molecule has 5 heteroatoms. The van der Waals surface area contributed by atoms with Crippen molar-refractivity contribution in [3.05, 3.63) is 0 Å². The van der Waals surface area contributed by atoms with Crippen LogP contribution in [0.4, 0.5) is 0 Å². The van der Waals surface area contributed by atoms with E-state index in [9.17, 15) is 9.59 Å². The summed E-state index contributed by atoms with van der Waals surface area (Å²) in [6, 6.07) is -0.793. The molecular formula is C12H22N2O3. The number of carboxylic acids is 1. The van der Waals surface area contributed by atoms with Crippen LogP contribution in [-0.4, -0.2) is 47.6 Å². The number of aliphatic carboxylic acids is 1. The first-order valence-electron chi connectivity index (χ1n) is 6.12. The van der Waals surface area contributed by atoms with Crippen LogP contribution in [0.2, 0.25) is 0 Å². The van der Waals surface area contributed by atoms with E-state index in [4.69, 9.17) is 5.11 Å². The van der Waals surface area contributed by atoms with Gasteiger partial charge >= 0.3 is 5.97 Å². The zero-order valence-electron chi connectivity index (χ0n) is 10.8. The van der Waals surface area contributed by atoms with Crippen LogP contribution in [0.3, 0.4) is 0 Å². The van der Waals surface area contributed by atoms with Gasteiger partial charge in [0, 0.05) is 20.0 Å². The molecule has 0 bridgehead atoms. The molecule has 1 heterocycles. The summed E-state index contributed by atoms with van der Waals surface area (Å²) in [6.07, 6.45) is 1.12. The average Bonchev–Trinajstić information content (AvgIpc) is 2.64. The van der Waals surface area contributed by atoms with E-state index in [1.807, 2.05) is 0 Å². The Morgan fingerprint density at radius 2 is 2.12 bits per heavy atom. The Hall–Kier alpha value is -1.10. The average molecular weight is 242 g/mol. The van der Waals surface area contributed by atoms with Crippen molar-refractivity contribution in [2.45, 2.75) is 33.2 Å². The maximum Gasteiger partial charge on any atom is 0.327 e. The van der Waals surface area contributed by atoms with Crippen molar-refractivity contribution in [3.8, 4) is 0 Å². The predicted molar refractivity (Wildman–Crippen MR) is 64.6 cm³/mol. The molecule has 0 aromatic heterocycles. The SMILES string of the molecule is CC(=O)NC(CN1CCC(C(C)C)C1)C(=O)O. The highest BCUT2D eigenvalue weighted by molar-refractivity contribution is 5.82. The minimum Gasteiger partial charge on any atom is -0.480 e. The van der Waals surface area contributed by atoms with Gasteiger partial charge in [0.05, 0.1) is 0 Å². The predicted octanol–water partition coefficient (Wildman–Crippen LogP) is 0.554. The number of nitrogens with zero attached hydrogens (tertiary/aromatic N) is 1. The molecule has 1 amide bonds. The minimum absolute atomic E-state index is 0.294. The molecule has 1 aliphatic heterocycles. The lowest BCUT2D eigenvalue weighted by molar-refractivity contribution is -0.142. The van der Waals surface area contributed by atoms with Crippen molar-refractivity contribution in [2.24, 2.45) is 11.8 Å². The number of carbonyl (C=O) groups is 2. The number of nitrogens with one attached hydrogen (secondary N) is 1. The number of likely N-dealkylation sites (tertiary alicyclic amines) is 1. The molecule has 0 saturated carbocycles. The molecular weight excluding hydrogens is 220 g/mol. The first-order valence-corrected chi connectivity index (χ1v) is 6.12. The third-order valence-electron chi connectivity index (χ3n) is 3.37. The van der Waals surface area contributed by atoms with Crippen LogP contribution in [-0.2, 0) is 9.59 Å². The fraction of sp³-hybridized carbons (Fsp3) is 0.833.